The number of benzene rings is 1. The van der Waals surface area contributed by atoms with Crippen LogP contribution in [0.1, 0.15) is 17.5 Å². The fourth-order valence-electron chi connectivity index (χ4n) is 2.41. The molecule has 0 aliphatic heterocycles. The zero-order valence-electron chi connectivity index (χ0n) is 14.6. The van der Waals surface area contributed by atoms with Gasteiger partial charge in [-0.3, -0.25) is 9.78 Å². The molecular formula is C18H22ClN3O3S. The summed E-state index contributed by atoms with van der Waals surface area (Å²) in [6.45, 7) is 0.807. The van der Waals surface area contributed by atoms with Crippen LogP contribution >= 0.6 is 11.6 Å². The van der Waals surface area contributed by atoms with Gasteiger partial charge in [-0.05, 0) is 35.7 Å². The molecule has 0 fully saturated rings. The van der Waals surface area contributed by atoms with Crippen LogP contribution in [0.5, 0.6) is 0 Å². The van der Waals surface area contributed by atoms with Crippen LogP contribution < -0.4 is 5.32 Å². The van der Waals surface area contributed by atoms with Crippen molar-refractivity contribution < 1.29 is 13.2 Å². The maximum absolute atomic E-state index is 12.0. The second kappa shape index (κ2) is 9.66. The number of nitrogens with zero attached hydrogens (tertiary/aromatic N) is 2. The molecular weight excluding hydrogens is 374 g/mol. The van der Waals surface area contributed by atoms with Crippen molar-refractivity contribution in [1.29, 1.82) is 0 Å². The number of hydrogen-bond donors (Lipinski definition) is 1. The Hall–Kier alpha value is -1.96. The number of aromatic nitrogens is 1. The van der Waals surface area contributed by atoms with E-state index in [1.807, 2.05) is 24.3 Å². The summed E-state index contributed by atoms with van der Waals surface area (Å²) < 4.78 is 25.3. The van der Waals surface area contributed by atoms with Crippen molar-refractivity contribution in [3.8, 4) is 0 Å². The highest BCUT2D eigenvalue weighted by molar-refractivity contribution is 7.88. The largest absolute Gasteiger partial charge is 0.352 e. The standard InChI is InChI=1S/C18H22ClN3O3S/c1-26(24,25)22(10-7-15-4-2-6-17(19)12-15)11-8-18(23)21-14-16-5-3-9-20-13-16/h2-6,9,12-13H,7-8,10-11,14H2,1H3,(H,21,23). The van der Waals surface area contributed by atoms with Crippen molar-refractivity contribution in [2.75, 3.05) is 19.3 Å². The molecule has 0 saturated carbocycles. The summed E-state index contributed by atoms with van der Waals surface area (Å²) in [5.74, 6) is -0.203. The Labute approximate surface area is 159 Å². The molecule has 26 heavy (non-hydrogen) atoms. The molecule has 0 atom stereocenters. The van der Waals surface area contributed by atoms with Crippen LogP contribution in [-0.4, -0.2) is 43.0 Å². The fraction of sp³-hybridized carbons (Fsp3) is 0.333. The third-order valence-corrected chi connectivity index (χ3v) is 5.35. The van der Waals surface area contributed by atoms with E-state index < -0.39 is 10.0 Å². The van der Waals surface area contributed by atoms with Crippen LogP contribution in [0.2, 0.25) is 5.02 Å². The number of sulfonamides is 1. The Balaban J connectivity index is 1.84. The highest BCUT2D eigenvalue weighted by Crippen LogP contribution is 2.12. The van der Waals surface area contributed by atoms with Crippen LogP contribution in [0, 0.1) is 0 Å². The van der Waals surface area contributed by atoms with Crippen molar-refractivity contribution in [2.45, 2.75) is 19.4 Å². The summed E-state index contributed by atoms with van der Waals surface area (Å²) in [7, 11) is -3.40. The van der Waals surface area contributed by atoms with Crippen LogP contribution in [0.3, 0.4) is 0 Å². The van der Waals surface area contributed by atoms with Gasteiger partial charge in [-0.1, -0.05) is 29.8 Å². The Morgan fingerprint density at radius 2 is 1.96 bits per heavy atom. The molecule has 0 aliphatic carbocycles. The number of nitrogens with one attached hydrogen (secondary N) is 1. The topological polar surface area (TPSA) is 79.4 Å². The van der Waals surface area contributed by atoms with Gasteiger partial charge in [0.15, 0.2) is 0 Å². The number of rotatable bonds is 9. The van der Waals surface area contributed by atoms with Crippen molar-refractivity contribution in [1.82, 2.24) is 14.6 Å². The smallest absolute Gasteiger partial charge is 0.221 e. The maximum atomic E-state index is 12.0. The first-order valence-corrected chi connectivity index (χ1v) is 10.4. The van der Waals surface area contributed by atoms with Crippen LogP contribution in [0.25, 0.3) is 0 Å². The van der Waals surface area contributed by atoms with Crippen molar-refractivity contribution in [3.63, 3.8) is 0 Å². The molecule has 1 N–H and O–H groups in total. The lowest BCUT2D eigenvalue weighted by Gasteiger charge is -2.19. The Morgan fingerprint density at radius 1 is 1.19 bits per heavy atom. The molecule has 1 heterocycles. The molecule has 0 spiro atoms. The quantitative estimate of drug-likeness (QED) is 0.706. The highest BCUT2D eigenvalue weighted by atomic mass is 35.5. The zero-order valence-corrected chi connectivity index (χ0v) is 16.1. The van der Waals surface area contributed by atoms with Gasteiger partial charge in [-0.2, -0.15) is 0 Å². The van der Waals surface area contributed by atoms with Gasteiger partial charge in [-0.15, -0.1) is 0 Å². The first-order chi connectivity index (χ1) is 12.3. The predicted octanol–water partition coefficient (Wildman–Crippen LogP) is 2.25. The van der Waals surface area contributed by atoms with Gasteiger partial charge in [0.25, 0.3) is 0 Å². The summed E-state index contributed by atoms with van der Waals surface area (Å²) >= 11 is 5.95. The molecule has 0 unspecified atom stereocenters. The van der Waals surface area contributed by atoms with E-state index in [-0.39, 0.29) is 18.9 Å². The van der Waals surface area contributed by atoms with E-state index in [4.69, 9.17) is 11.6 Å². The first kappa shape index (κ1) is 20.4. The van der Waals surface area contributed by atoms with Gasteiger partial charge in [0, 0.05) is 43.5 Å². The number of carbonyl (C=O) groups excluding carboxylic acids is 1. The normalized spacial score (nSPS) is 11.5. The minimum absolute atomic E-state index is 0.100. The molecule has 2 aromatic rings. The maximum Gasteiger partial charge on any atom is 0.221 e. The van der Waals surface area contributed by atoms with Gasteiger partial charge in [-0.25, -0.2) is 12.7 Å². The Bertz CT molecular complexity index is 829. The number of amides is 1. The van der Waals surface area contributed by atoms with Crippen LogP contribution in [0.4, 0.5) is 0 Å². The van der Waals surface area contributed by atoms with E-state index in [2.05, 4.69) is 10.3 Å². The molecule has 6 nitrogen and oxygen atoms in total. The molecule has 1 aromatic heterocycles. The number of hydrogen-bond acceptors (Lipinski definition) is 4. The second-order valence-electron chi connectivity index (χ2n) is 5.93. The van der Waals surface area contributed by atoms with Gasteiger partial charge in [0.2, 0.25) is 15.9 Å². The molecule has 0 bridgehead atoms. The van der Waals surface area contributed by atoms with Crippen LogP contribution in [0.15, 0.2) is 48.8 Å². The van der Waals surface area contributed by atoms with Crippen molar-refractivity contribution >= 4 is 27.5 Å². The third-order valence-electron chi connectivity index (χ3n) is 3.81. The lowest BCUT2D eigenvalue weighted by Crippen LogP contribution is -2.35. The third kappa shape index (κ3) is 7.11. The van der Waals surface area contributed by atoms with E-state index in [0.717, 1.165) is 17.4 Å². The minimum Gasteiger partial charge on any atom is -0.352 e. The van der Waals surface area contributed by atoms with Crippen molar-refractivity contribution in [3.05, 3.63) is 64.9 Å². The molecule has 0 aliphatic rings. The number of pyridine rings is 1. The van der Waals surface area contributed by atoms with E-state index in [1.165, 1.54) is 4.31 Å². The molecule has 0 saturated heterocycles. The van der Waals surface area contributed by atoms with Crippen molar-refractivity contribution in [2.24, 2.45) is 0 Å². The summed E-state index contributed by atoms with van der Waals surface area (Å²) in [5, 5.41) is 3.38. The SMILES string of the molecule is CS(=O)(=O)N(CCC(=O)NCc1cccnc1)CCc1cccc(Cl)c1. The van der Waals surface area contributed by atoms with Gasteiger partial charge in [0.1, 0.15) is 0 Å². The lowest BCUT2D eigenvalue weighted by atomic mass is 10.1. The molecule has 8 heteroatoms. The fourth-order valence-corrected chi connectivity index (χ4v) is 3.47. The minimum atomic E-state index is -3.40. The lowest BCUT2D eigenvalue weighted by molar-refractivity contribution is -0.121. The molecule has 140 valence electrons. The van der Waals surface area contributed by atoms with Gasteiger partial charge in [0.05, 0.1) is 6.26 Å². The van der Waals surface area contributed by atoms with E-state index in [1.54, 1.807) is 24.5 Å². The summed E-state index contributed by atoms with van der Waals surface area (Å²) in [6, 6.07) is 11.0. The van der Waals surface area contributed by atoms with Crippen LogP contribution in [-0.2, 0) is 27.8 Å². The van der Waals surface area contributed by atoms with E-state index in [9.17, 15) is 13.2 Å². The monoisotopic (exact) mass is 395 g/mol. The van der Waals surface area contributed by atoms with E-state index in [0.29, 0.717) is 24.5 Å². The summed E-state index contributed by atoms with van der Waals surface area (Å²) in [5.41, 5.74) is 1.84. The number of halogens is 1. The number of carbonyl (C=O) groups is 1. The Kier molecular flexibility index (Phi) is 7.56. The molecule has 2 rings (SSSR count). The Morgan fingerprint density at radius 3 is 2.62 bits per heavy atom. The average Bonchev–Trinajstić information content (AvgIpc) is 2.59. The van der Waals surface area contributed by atoms with Gasteiger partial charge < -0.3 is 5.32 Å². The molecule has 0 radical (unpaired) electrons. The highest BCUT2D eigenvalue weighted by Gasteiger charge is 2.17. The second-order valence-corrected chi connectivity index (χ2v) is 8.35. The van der Waals surface area contributed by atoms with E-state index >= 15 is 0 Å². The summed E-state index contributed by atoms with van der Waals surface area (Å²) in [4.78, 5) is 16.0. The average molecular weight is 396 g/mol. The summed E-state index contributed by atoms with van der Waals surface area (Å²) in [6.07, 6.45) is 5.12. The van der Waals surface area contributed by atoms with Gasteiger partial charge >= 0.3 is 0 Å². The molecule has 1 aromatic carbocycles. The first-order valence-electron chi connectivity index (χ1n) is 8.20. The molecule has 1 amide bonds. The predicted molar refractivity (Wildman–Crippen MR) is 102 cm³/mol. The zero-order chi connectivity index (χ0) is 19.0.